The van der Waals surface area contributed by atoms with Crippen LogP contribution in [0.3, 0.4) is 0 Å². The number of fused-ring (bicyclic) bond motifs is 1. The molecule has 62 valence electrons. The summed E-state index contributed by atoms with van der Waals surface area (Å²) < 4.78 is 0. The van der Waals surface area contributed by atoms with Gasteiger partial charge in [0.15, 0.2) is 0 Å². The van der Waals surface area contributed by atoms with Crippen LogP contribution in [0, 0.1) is 0 Å². The van der Waals surface area contributed by atoms with Gasteiger partial charge >= 0.3 is 0 Å². The maximum Gasteiger partial charge on any atom is 0.142 e. The molecule has 0 saturated carbocycles. The zero-order valence-corrected chi connectivity index (χ0v) is 7.52. The SMILES string of the molecule is ClCc1c[nH]c2ncnc(Cl)c12. The Morgan fingerprint density at radius 2 is 2.25 bits per heavy atom. The summed E-state index contributed by atoms with van der Waals surface area (Å²) in [4.78, 5) is 10.8. The number of hydrogen-bond acceptors (Lipinski definition) is 2. The average Bonchev–Trinajstić information content (AvgIpc) is 2.49. The van der Waals surface area contributed by atoms with Gasteiger partial charge in [-0.3, -0.25) is 0 Å². The number of halogens is 2. The fraction of sp³-hybridized carbons (Fsp3) is 0.143. The van der Waals surface area contributed by atoms with Crippen molar-refractivity contribution in [3.63, 3.8) is 0 Å². The number of alkyl halides is 1. The predicted octanol–water partition coefficient (Wildman–Crippen LogP) is 2.35. The second-order valence-electron chi connectivity index (χ2n) is 2.34. The van der Waals surface area contributed by atoms with Crippen molar-refractivity contribution in [2.75, 3.05) is 0 Å². The highest BCUT2D eigenvalue weighted by Gasteiger charge is 2.07. The Kier molecular flexibility index (Phi) is 1.90. The Balaban J connectivity index is 2.83. The average molecular weight is 202 g/mol. The van der Waals surface area contributed by atoms with E-state index in [9.17, 15) is 0 Å². The Labute approximate surface area is 78.7 Å². The monoisotopic (exact) mass is 201 g/mol. The summed E-state index contributed by atoms with van der Waals surface area (Å²) in [5, 5.41) is 1.26. The predicted molar refractivity (Wildman–Crippen MR) is 48.5 cm³/mol. The molecule has 1 N–H and O–H groups in total. The van der Waals surface area contributed by atoms with Gasteiger partial charge in [0.25, 0.3) is 0 Å². The molecule has 0 unspecified atom stereocenters. The normalized spacial score (nSPS) is 10.8. The van der Waals surface area contributed by atoms with Crippen LogP contribution in [0.25, 0.3) is 11.0 Å². The van der Waals surface area contributed by atoms with E-state index in [0.717, 1.165) is 16.6 Å². The van der Waals surface area contributed by atoms with Gasteiger partial charge in [-0.1, -0.05) is 11.6 Å². The summed E-state index contributed by atoms with van der Waals surface area (Å²) in [5.41, 5.74) is 1.66. The molecule has 0 aliphatic rings. The molecule has 0 spiro atoms. The van der Waals surface area contributed by atoms with Gasteiger partial charge in [-0.05, 0) is 5.56 Å². The fourth-order valence-electron chi connectivity index (χ4n) is 1.09. The summed E-state index contributed by atoms with van der Waals surface area (Å²) in [6.45, 7) is 0. The summed E-state index contributed by atoms with van der Waals surface area (Å²) >= 11 is 11.5. The first kappa shape index (κ1) is 7.83. The Hall–Kier alpha value is -0.800. The highest BCUT2D eigenvalue weighted by Crippen LogP contribution is 2.23. The molecule has 0 radical (unpaired) electrons. The number of nitrogens with one attached hydrogen (secondary N) is 1. The van der Waals surface area contributed by atoms with Crippen molar-refractivity contribution >= 4 is 34.2 Å². The third-order valence-electron chi connectivity index (χ3n) is 1.65. The van der Waals surface area contributed by atoms with E-state index in [2.05, 4.69) is 15.0 Å². The highest BCUT2D eigenvalue weighted by molar-refractivity contribution is 6.34. The van der Waals surface area contributed by atoms with Gasteiger partial charge in [0.2, 0.25) is 0 Å². The van der Waals surface area contributed by atoms with E-state index in [4.69, 9.17) is 23.2 Å². The third kappa shape index (κ3) is 1.06. The van der Waals surface area contributed by atoms with E-state index < -0.39 is 0 Å². The fourth-order valence-corrected chi connectivity index (χ4v) is 1.56. The Morgan fingerprint density at radius 3 is 3.00 bits per heavy atom. The summed E-state index contributed by atoms with van der Waals surface area (Å²) in [7, 11) is 0. The van der Waals surface area contributed by atoms with Gasteiger partial charge in [0.05, 0.1) is 5.39 Å². The first-order valence-corrected chi connectivity index (χ1v) is 4.26. The smallest absolute Gasteiger partial charge is 0.142 e. The van der Waals surface area contributed by atoms with Crippen molar-refractivity contribution in [2.24, 2.45) is 0 Å². The Morgan fingerprint density at radius 1 is 1.42 bits per heavy atom. The number of nitrogens with zero attached hydrogens (tertiary/aromatic N) is 2. The van der Waals surface area contributed by atoms with E-state index in [1.807, 2.05) is 0 Å². The molecule has 0 aromatic carbocycles. The number of aromatic nitrogens is 3. The quantitative estimate of drug-likeness (QED) is 0.569. The van der Waals surface area contributed by atoms with Crippen molar-refractivity contribution < 1.29 is 0 Å². The minimum atomic E-state index is 0.410. The summed E-state index contributed by atoms with van der Waals surface area (Å²) in [5.74, 6) is 0.410. The van der Waals surface area contributed by atoms with Gasteiger partial charge in [-0.2, -0.15) is 0 Å². The van der Waals surface area contributed by atoms with Gasteiger partial charge in [-0.15, -0.1) is 11.6 Å². The molecule has 2 aromatic rings. The topological polar surface area (TPSA) is 41.6 Å². The van der Waals surface area contributed by atoms with Gasteiger partial charge in [0.1, 0.15) is 17.1 Å². The minimum Gasteiger partial charge on any atom is -0.346 e. The highest BCUT2D eigenvalue weighted by atomic mass is 35.5. The van der Waals surface area contributed by atoms with Crippen LogP contribution in [0.4, 0.5) is 0 Å². The molecule has 2 aromatic heterocycles. The molecule has 0 aliphatic carbocycles. The minimum absolute atomic E-state index is 0.410. The van der Waals surface area contributed by atoms with Gasteiger partial charge in [-0.25, -0.2) is 9.97 Å². The van der Waals surface area contributed by atoms with Crippen LogP contribution in [0.1, 0.15) is 5.56 Å². The van der Waals surface area contributed by atoms with Crippen LogP contribution in [-0.2, 0) is 5.88 Å². The molecule has 0 aliphatic heterocycles. The van der Waals surface area contributed by atoms with Gasteiger partial charge in [0, 0.05) is 12.1 Å². The van der Waals surface area contributed by atoms with E-state index in [-0.39, 0.29) is 0 Å². The Bertz CT molecular complexity index is 410. The molecular weight excluding hydrogens is 197 g/mol. The zero-order valence-electron chi connectivity index (χ0n) is 6.01. The molecule has 3 nitrogen and oxygen atoms in total. The second kappa shape index (κ2) is 2.92. The molecule has 0 atom stereocenters. The van der Waals surface area contributed by atoms with E-state index in [1.54, 1.807) is 6.20 Å². The molecule has 0 saturated heterocycles. The number of hydrogen-bond donors (Lipinski definition) is 1. The number of aromatic amines is 1. The van der Waals surface area contributed by atoms with Crippen molar-refractivity contribution in [1.29, 1.82) is 0 Å². The largest absolute Gasteiger partial charge is 0.346 e. The van der Waals surface area contributed by atoms with E-state index in [1.165, 1.54) is 6.33 Å². The zero-order chi connectivity index (χ0) is 8.55. The molecular formula is C7H5Cl2N3. The maximum atomic E-state index is 5.85. The van der Waals surface area contributed by atoms with E-state index >= 15 is 0 Å². The molecule has 5 heteroatoms. The lowest BCUT2D eigenvalue weighted by Crippen LogP contribution is -1.82. The lowest BCUT2D eigenvalue weighted by Gasteiger charge is -1.93. The lowest BCUT2D eigenvalue weighted by molar-refractivity contribution is 1.20. The molecule has 0 amide bonds. The van der Waals surface area contributed by atoms with Crippen molar-refractivity contribution in [3.8, 4) is 0 Å². The molecule has 0 bridgehead atoms. The second-order valence-corrected chi connectivity index (χ2v) is 2.96. The van der Waals surface area contributed by atoms with Crippen molar-refractivity contribution in [2.45, 2.75) is 5.88 Å². The van der Waals surface area contributed by atoms with Crippen LogP contribution >= 0.6 is 23.2 Å². The van der Waals surface area contributed by atoms with Gasteiger partial charge < -0.3 is 4.98 Å². The van der Waals surface area contributed by atoms with Crippen molar-refractivity contribution in [3.05, 3.63) is 23.2 Å². The van der Waals surface area contributed by atoms with Crippen molar-refractivity contribution in [1.82, 2.24) is 15.0 Å². The summed E-state index contributed by atoms with van der Waals surface area (Å²) in [6, 6.07) is 0. The first-order valence-electron chi connectivity index (χ1n) is 3.35. The van der Waals surface area contributed by atoms with E-state index in [0.29, 0.717) is 11.0 Å². The van der Waals surface area contributed by atoms with Crippen LogP contribution in [0.5, 0.6) is 0 Å². The van der Waals surface area contributed by atoms with Crippen LogP contribution < -0.4 is 0 Å². The summed E-state index contributed by atoms with van der Waals surface area (Å²) in [6.07, 6.45) is 3.21. The maximum absolute atomic E-state index is 5.85. The van der Waals surface area contributed by atoms with Crippen LogP contribution in [-0.4, -0.2) is 15.0 Å². The van der Waals surface area contributed by atoms with Crippen LogP contribution in [0.15, 0.2) is 12.5 Å². The number of rotatable bonds is 1. The first-order chi connectivity index (χ1) is 5.83. The molecule has 0 fully saturated rings. The number of H-pyrrole nitrogens is 1. The standard InChI is InChI=1S/C7H5Cl2N3/c8-1-4-2-10-7-5(4)6(9)11-3-12-7/h2-3H,1H2,(H,10,11,12). The molecule has 12 heavy (non-hydrogen) atoms. The third-order valence-corrected chi connectivity index (χ3v) is 2.22. The van der Waals surface area contributed by atoms with Crippen LogP contribution in [0.2, 0.25) is 5.15 Å². The molecule has 2 heterocycles. The lowest BCUT2D eigenvalue weighted by atomic mass is 10.3. The molecule has 2 rings (SSSR count).